The van der Waals surface area contributed by atoms with Gasteiger partial charge in [-0.25, -0.2) is 4.39 Å². The van der Waals surface area contributed by atoms with E-state index in [1.807, 2.05) is 54.8 Å². The summed E-state index contributed by atoms with van der Waals surface area (Å²) < 4.78 is 23.3. The van der Waals surface area contributed by atoms with Gasteiger partial charge < -0.3 is 25.0 Å². The molecular formula is C49H47BClFN6O6. The maximum absolute atomic E-state index is 15.3. The highest BCUT2D eigenvalue weighted by Crippen LogP contribution is 2.36. The molecule has 12 nitrogen and oxygen atoms in total. The molecule has 64 heavy (non-hydrogen) atoms. The summed E-state index contributed by atoms with van der Waals surface area (Å²) in [5.74, 6) is 0.782. The minimum atomic E-state index is -1.60. The Morgan fingerprint density at radius 3 is 2.39 bits per heavy atom. The molecular weight excluding hydrogens is 834 g/mol. The molecule has 0 spiro atoms. The number of fused-ring (bicyclic) bond motifs is 3. The van der Waals surface area contributed by atoms with E-state index in [1.54, 1.807) is 71.6 Å². The molecule has 0 unspecified atom stereocenters. The number of carbonyl (C=O) groups is 3. The number of benzene rings is 5. The Labute approximate surface area is 375 Å². The number of amides is 2. The first-order valence-corrected chi connectivity index (χ1v) is 21.8. The predicted octanol–water partition coefficient (Wildman–Crippen LogP) is 7.08. The molecule has 6 aromatic rings. The van der Waals surface area contributed by atoms with Crippen molar-refractivity contribution in [2.24, 2.45) is 4.99 Å². The molecule has 2 amide bonds. The van der Waals surface area contributed by atoms with Crippen molar-refractivity contribution in [3.8, 4) is 22.6 Å². The van der Waals surface area contributed by atoms with Crippen molar-refractivity contribution in [2.75, 3.05) is 19.7 Å². The molecule has 8 rings (SSSR count). The molecule has 15 heteroatoms. The smallest absolute Gasteiger partial charge is 0.484 e. The highest BCUT2D eigenvalue weighted by molar-refractivity contribution is 6.58. The number of nitrogens with one attached hydrogen (secondary N) is 1. The summed E-state index contributed by atoms with van der Waals surface area (Å²) in [5, 5.41) is 31.5. The highest BCUT2D eigenvalue weighted by Gasteiger charge is 2.31. The summed E-state index contributed by atoms with van der Waals surface area (Å²) in [6.45, 7) is 4.60. The first kappa shape index (κ1) is 44.1. The molecule has 0 saturated carbocycles. The van der Waals surface area contributed by atoms with Gasteiger partial charge in [-0.15, -0.1) is 10.2 Å². The second-order valence-electron chi connectivity index (χ2n) is 16.2. The second-order valence-corrected chi connectivity index (χ2v) is 16.6. The lowest BCUT2D eigenvalue weighted by Crippen LogP contribution is -2.38. The summed E-state index contributed by atoms with van der Waals surface area (Å²) in [6.07, 6.45) is 2.48. The van der Waals surface area contributed by atoms with Crippen LogP contribution in [0.2, 0.25) is 5.02 Å². The largest absolute Gasteiger partial charge is 0.488 e. The lowest BCUT2D eigenvalue weighted by molar-refractivity contribution is -0.123. The Kier molecular flexibility index (Phi) is 13.5. The number of hydrogen-bond acceptors (Lipinski definition) is 9. The first-order chi connectivity index (χ1) is 30.9. The van der Waals surface area contributed by atoms with Gasteiger partial charge in [-0.2, -0.15) is 0 Å². The van der Waals surface area contributed by atoms with Gasteiger partial charge in [0, 0.05) is 54.2 Å². The van der Waals surface area contributed by atoms with Gasteiger partial charge in [0.2, 0.25) is 0 Å². The second kappa shape index (κ2) is 19.5. The number of likely N-dealkylation sites (tertiary alicyclic amines) is 1. The average molecular weight is 881 g/mol. The highest BCUT2D eigenvalue weighted by atomic mass is 35.5. The van der Waals surface area contributed by atoms with Crippen molar-refractivity contribution in [1.82, 2.24) is 25.0 Å². The molecule has 0 radical (unpaired) electrons. The molecule has 3 N–H and O–H groups in total. The number of hydrogen-bond donors (Lipinski definition) is 3. The zero-order valence-electron chi connectivity index (χ0n) is 35.5. The van der Waals surface area contributed by atoms with Crippen molar-refractivity contribution in [1.29, 1.82) is 0 Å². The van der Waals surface area contributed by atoms with Crippen molar-refractivity contribution in [2.45, 2.75) is 64.5 Å². The van der Waals surface area contributed by atoms with Gasteiger partial charge in [-0.05, 0) is 108 Å². The van der Waals surface area contributed by atoms with Crippen LogP contribution in [-0.2, 0) is 16.1 Å². The van der Waals surface area contributed by atoms with Crippen molar-refractivity contribution >= 4 is 47.5 Å². The summed E-state index contributed by atoms with van der Waals surface area (Å²) in [5.41, 5.74) is 6.58. The number of ether oxygens (including phenoxy) is 1. The lowest BCUT2D eigenvalue weighted by atomic mass is 9.79. The number of piperidine rings is 1. The molecule has 1 fully saturated rings. The maximum Gasteiger partial charge on any atom is 0.488 e. The summed E-state index contributed by atoms with van der Waals surface area (Å²) >= 11 is 6.26. The molecule has 0 aliphatic carbocycles. The van der Waals surface area contributed by atoms with Crippen molar-refractivity contribution in [3.63, 3.8) is 0 Å². The number of Topliss-reactive ketones (excluding diaryl/α,β-unsaturated/α-hetero) is 1. The Morgan fingerprint density at radius 1 is 0.891 bits per heavy atom. The van der Waals surface area contributed by atoms with Gasteiger partial charge in [0.25, 0.3) is 11.8 Å². The Balaban J connectivity index is 0.908. The normalized spacial score (nSPS) is 14.8. The molecule has 5 aromatic carbocycles. The topological polar surface area (TPSA) is 159 Å². The van der Waals surface area contributed by atoms with Crippen LogP contribution in [0.25, 0.3) is 16.8 Å². The van der Waals surface area contributed by atoms with E-state index in [0.717, 1.165) is 34.4 Å². The molecule has 1 saturated heterocycles. The molecule has 326 valence electrons. The maximum atomic E-state index is 15.3. The van der Waals surface area contributed by atoms with E-state index in [9.17, 15) is 24.4 Å². The van der Waals surface area contributed by atoms with Crippen LogP contribution >= 0.6 is 11.6 Å². The van der Waals surface area contributed by atoms with Gasteiger partial charge in [-0.3, -0.25) is 23.9 Å². The van der Waals surface area contributed by atoms with E-state index in [4.69, 9.17) is 21.3 Å². The number of aliphatic imine (C=N–C) groups is 1. The Morgan fingerprint density at radius 2 is 1.64 bits per heavy atom. The number of aromatic nitrogens is 3. The van der Waals surface area contributed by atoms with Crippen LogP contribution in [0.5, 0.6) is 5.75 Å². The van der Waals surface area contributed by atoms with E-state index in [-0.39, 0.29) is 48.9 Å². The van der Waals surface area contributed by atoms with Crippen molar-refractivity contribution in [3.05, 3.63) is 160 Å². The van der Waals surface area contributed by atoms with E-state index in [0.29, 0.717) is 82.6 Å². The minimum Gasteiger partial charge on any atom is -0.484 e. The lowest BCUT2D eigenvalue weighted by Gasteiger charge is -2.32. The fraction of sp³-hybridized carbons (Fsp3) is 0.265. The minimum absolute atomic E-state index is 0.0808. The summed E-state index contributed by atoms with van der Waals surface area (Å²) in [7, 11) is -1.60. The predicted molar refractivity (Wildman–Crippen MR) is 244 cm³/mol. The zero-order valence-corrected chi connectivity index (χ0v) is 36.3. The number of halogens is 2. The van der Waals surface area contributed by atoms with Crippen LogP contribution in [0.15, 0.2) is 114 Å². The number of carbonyl (C=O) groups excluding carboxylic acids is 3. The van der Waals surface area contributed by atoms with E-state index >= 15 is 4.39 Å². The number of ketones is 1. The van der Waals surface area contributed by atoms with E-state index in [2.05, 4.69) is 15.5 Å². The van der Waals surface area contributed by atoms with Gasteiger partial charge in [0.05, 0.1) is 11.4 Å². The number of aryl methyl sites for hydroxylation is 1. The Bertz CT molecular complexity index is 2740. The van der Waals surface area contributed by atoms with Crippen LogP contribution < -0.4 is 15.5 Å². The third kappa shape index (κ3) is 9.84. The first-order valence-electron chi connectivity index (χ1n) is 21.4. The van der Waals surface area contributed by atoms with Crippen molar-refractivity contribution < 1.29 is 33.6 Å². The summed E-state index contributed by atoms with van der Waals surface area (Å²) in [4.78, 5) is 46.6. The van der Waals surface area contributed by atoms with Gasteiger partial charge in [0.15, 0.2) is 12.4 Å². The Hall–Kier alpha value is -6.48. The van der Waals surface area contributed by atoms with Crippen LogP contribution in [-0.4, -0.2) is 79.8 Å². The molecule has 1 atom stereocenters. The third-order valence-electron chi connectivity index (χ3n) is 11.7. The third-order valence-corrected chi connectivity index (χ3v) is 12.0. The fourth-order valence-electron chi connectivity index (χ4n) is 8.44. The van der Waals surface area contributed by atoms with Gasteiger partial charge >= 0.3 is 7.12 Å². The average Bonchev–Trinajstić information content (AvgIpc) is 3.64. The molecule has 3 heterocycles. The molecule has 2 aliphatic rings. The fourth-order valence-corrected chi connectivity index (χ4v) is 8.57. The number of nitrogens with zero attached hydrogens (tertiary/aromatic N) is 5. The van der Waals surface area contributed by atoms with E-state index in [1.165, 1.54) is 6.07 Å². The van der Waals surface area contributed by atoms with Crippen LogP contribution in [0.3, 0.4) is 0 Å². The number of rotatable bonds is 14. The zero-order chi connectivity index (χ0) is 44.9. The van der Waals surface area contributed by atoms with Crippen LogP contribution in [0.1, 0.15) is 95.2 Å². The molecule has 0 bridgehead atoms. The van der Waals surface area contributed by atoms with Crippen LogP contribution in [0, 0.1) is 12.7 Å². The van der Waals surface area contributed by atoms with E-state index < -0.39 is 13.2 Å². The van der Waals surface area contributed by atoms with Gasteiger partial charge in [-0.1, -0.05) is 79.2 Å². The summed E-state index contributed by atoms with van der Waals surface area (Å²) in [6, 6.07) is 31.2. The van der Waals surface area contributed by atoms with Crippen LogP contribution in [0.4, 0.5) is 4.39 Å². The molecule has 2 aliphatic heterocycles. The van der Waals surface area contributed by atoms with Gasteiger partial charge in [0.1, 0.15) is 29.2 Å². The standard InChI is InChI=1S/C49H47BClFN6O6/c1-3-6-39(59)26-44-48-56-55-30(2)58(48)45-18-16-40(27-42(45)47(54-44)33-12-14-38(51)15-13-33)64-29-46(60)53-28-31-11-17-43(52)41(23-31)32-19-21-57(22-20-32)49(61)36-9-4-7-34(24-36)35-8-5-10-37(25-35)50(62)63/h4-5,7-18,23-25,27,32,44,62-63H,3,6,19-22,26,28-29H2,1-2H3,(H,53,60)/t44-/m0/s1. The molecule has 1 aromatic heterocycles. The quantitative estimate of drug-likeness (QED) is 0.0980. The monoisotopic (exact) mass is 880 g/mol. The SMILES string of the molecule is CCCC(=O)C[C@@H]1N=C(c2ccc(Cl)cc2)c2cc(OCC(=O)NCc3ccc(F)c(C4CCN(C(=O)c5cccc(-c6cccc(B(O)O)c6)c5)CC4)c3)ccc2-n2c(C)nnc21.